The number of carbonyl (C=O) groups excluding carboxylic acids is 1. The molecule has 1 aliphatic rings. The first kappa shape index (κ1) is 13.9. The largest absolute Gasteiger partial charge is 0.385 e. The Morgan fingerprint density at radius 1 is 1.62 bits per heavy atom. The maximum atomic E-state index is 12.3. The summed E-state index contributed by atoms with van der Waals surface area (Å²) in [5, 5.41) is 17.1. The van der Waals surface area contributed by atoms with Crippen molar-refractivity contribution in [3.63, 3.8) is 0 Å². The zero-order valence-corrected chi connectivity index (χ0v) is 11.9. The van der Waals surface area contributed by atoms with Gasteiger partial charge < -0.3 is 15.2 Å². The minimum absolute atomic E-state index is 0.141. The highest BCUT2D eigenvalue weighted by atomic mass is 16.5. The summed E-state index contributed by atoms with van der Waals surface area (Å²) in [5.41, 5.74) is 0.0369. The molecule has 0 saturated carbocycles. The van der Waals surface area contributed by atoms with Gasteiger partial charge >= 0.3 is 0 Å². The number of hydrogen-bond acceptors (Lipinski definition) is 6. The van der Waals surface area contributed by atoms with Crippen LogP contribution in [0.4, 0.5) is 0 Å². The molecule has 0 spiro atoms. The zero-order valence-electron chi connectivity index (χ0n) is 11.9. The molecule has 8 nitrogen and oxygen atoms in total. The van der Waals surface area contributed by atoms with E-state index in [1.807, 2.05) is 0 Å². The number of fused-ring (bicyclic) bond motifs is 1. The van der Waals surface area contributed by atoms with Crippen LogP contribution in [0.3, 0.4) is 0 Å². The molecule has 1 fully saturated rings. The minimum atomic E-state index is -1.02. The summed E-state index contributed by atoms with van der Waals surface area (Å²) in [6.07, 6.45) is 3.06. The predicted octanol–water partition coefficient (Wildman–Crippen LogP) is -0.298. The van der Waals surface area contributed by atoms with Crippen LogP contribution in [0.2, 0.25) is 0 Å². The molecule has 112 valence electrons. The average molecular weight is 291 g/mol. The molecule has 2 N–H and O–H groups in total. The van der Waals surface area contributed by atoms with E-state index in [9.17, 15) is 9.90 Å². The number of ether oxygens (including phenoxy) is 1. The Kier molecular flexibility index (Phi) is 3.34. The first-order chi connectivity index (χ1) is 10.0. The van der Waals surface area contributed by atoms with E-state index in [4.69, 9.17) is 4.74 Å². The quantitative estimate of drug-likeness (QED) is 0.805. The lowest BCUT2D eigenvalue weighted by Gasteiger charge is -2.26. The summed E-state index contributed by atoms with van der Waals surface area (Å²) in [7, 11) is 0. The second-order valence-electron chi connectivity index (χ2n) is 5.28. The Morgan fingerprint density at radius 3 is 3.14 bits per heavy atom. The van der Waals surface area contributed by atoms with E-state index in [1.54, 1.807) is 13.8 Å². The first-order valence-electron chi connectivity index (χ1n) is 6.79. The van der Waals surface area contributed by atoms with E-state index in [0.717, 1.165) is 0 Å². The maximum Gasteiger partial charge on any atom is 0.254 e. The van der Waals surface area contributed by atoms with E-state index >= 15 is 0 Å². The van der Waals surface area contributed by atoms with E-state index < -0.39 is 5.60 Å². The topological polar surface area (TPSA) is 102 Å². The Labute approximate surface area is 121 Å². The normalized spacial score (nSPS) is 25.4. The van der Waals surface area contributed by atoms with Crippen molar-refractivity contribution >= 4 is 11.7 Å². The zero-order chi connectivity index (χ0) is 15.0. The van der Waals surface area contributed by atoms with Gasteiger partial charge in [-0.05, 0) is 13.8 Å². The minimum Gasteiger partial charge on any atom is -0.385 e. The first-order valence-corrected chi connectivity index (χ1v) is 6.79. The molecule has 1 amide bonds. The molecule has 0 radical (unpaired) electrons. The van der Waals surface area contributed by atoms with E-state index in [1.165, 1.54) is 17.0 Å². The molecule has 2 aromatic heterocycles. The molecule has 0 aromatic carbocycles. The van der Waals surface area contributed by atoms with E-state index in [-0.39, 0.29) is 18.6 Å². The van der Waals surface area contributed by atoms with Gasteiger partial charge in [0.15, 0.2) is 0 Å². The Bertz CT molecular complexity index is 685. The van der Waals surface area contributed by atoms with Crippen LogP contribution in [0.1, 0.15) is 29.4 Å². The Morgan fingerprint density at radius 2 is 2.43 bits per heavy atom. The van der Waals surface area contributed by atoms with Gasteiger partial charge in [-0.1, -0.05) is 0 Å². The number of aryl methyl sites for hydroxylation is 1. The van der Waals surface area contributed by atoms with Crippen LogP contribution < -0.4 is 5.32 Å². The molecule has 2 unspecified atom stereocenters. The highest BCUT2D eigenvalue weighted by Crippen LogP contribution is 2.24. The fourth-order valence-corrected chi connectivity index (χ4v) is 2.44. The SMILES string of the molecule is Cc1c(C(=O)NCC2(O)CCOC2C)cnc2ncnn12. The summed E-state index contributed by atoms with van der Waals surface area (Å²) in [5.74, 6) is 0.144. The van der Waals surface area contributed by atoms with Crippen molar-refractivity contribution in [2.75, 3.05) is 13.2 Å². The monoisotopic (exact) mass is 291 g/mol. The molecule has 1 aliphatic heterocycles. The number of aromatic nitrogens is 4. The second kappa shape index (κ2) is 5.05. The van der Waals surface area contributed by atoms with Gasteiger partial charge in [-0.2, -0.15) is 10.1 Å². The van der Waals surface area contributed by atoms with Crippen molar-refractivity contribution in [3.8, 4) is 0 Å². The summed E-state index contributed by atoms with van der Waals surface area (Å²) in [6.45, 7) is 4.21. The third-order valence-corrected chi connectivity index (χ3v) is 4.01. The van der Waals surface area contributed by atoms with Gasteiger partial charge in [-0.15, -0.1) is 0 Å². The van der Waals surface area contributed by atoms with Crippen LogP contribution in [0.25, 0.3) is 5.78 Å². The standard InChI is InChI=1S/C13H17N5O3/c1-8-10(5-14-12-16-7-17-18(8)12)11(19)15-6-13(20)3-4-21-9(13)2/h5,7,9,20H,3-4,6H2,1-2H3,(H,15,19). The number of nitrogens with one attached hydrogen (secondary N) is 1. The molecular formula is C13H17N5O3. The molecule has 2 atom stereocenters. The van der Waals surface area contributed by atoms with Crippen LogP contribution in [-0.2, 0) is 4.74 Å². The lowest BCUT2D eigenvalue weighted by atomic mass is 9.96. The molecule has 3 heterocycles. The number of amides is 1. The number of hydrogen-bond donors (Lipinski definition) is 2. The van der Waals surface area contributed by atoms with Gasteiger partial charge in [0.1, 0.15) is 11.9 Å². The van der Waals surface area contributed by atoms with Crippen molar-refractivity contribution < 1.29 is 14.6 Å². The van der Waals surface area contributed by atoms with Gasteiger partial charge in [-0.25, -0.2) is 9.50 Å². The van der Waals surface area contributed by atoms with Crippen LogP contribution in [0.5, 0.6) is 0 Å². The highest BCUT2D eigenvalue weighted by Gasteiger charge is 2.39. The third kappa shape index (κ3) is 2.36. The molecular weight excluding hydrogens is 274 g/mol. The molecule has 21 heavy (non-hydrogen) atoms. The van der Waals surface area contributed by atoms with Gasteiger partial charge in [0, 0.05) is 25.8 Å². The number of carbonyl (C=O) groups is 1. The summed E-state index contributed by atoms with van der Waals surface area (Å²) in [6, 6.07) is 0. The van der Waals surface area contributed by atoms with E-state index in [2.05, 4.69) is 20.4 Å². The Balaban J connectivity index is 1.76. The summed E-state index contributed by atoms with van der Waals surface area (Å²) < 4.78 is 6.85. The summed E-state index contributed by atoms with van der Waals surface area (Å²) in [4.78, 5) is 20.3. The van der Waals surface area contributed by atoms with Gasteiger partial charge in [0.2, 0.25) is 0 Å². The number of aliphatic hydroxyl groups is 1. The van der Waals surface area contributed by atoms with Crippen LogP contribution >= 0.6 is 0 Å². The highest BCUT2D eigenvalue weighted by molar-refractivity contribution is 5.95. The fraction of sp³-hybridized carbons (Fsp3) is 0.538. The molecule has 1 saturated heterocycles. The second-order valence-corrected chi connectivity index (χ2v) is 5.28. The lowest BCUT2D eigenvalue weighted by Crippen LogP contribution is -2.47. The maximum absolute atomic E-state index is 12.3. The molecule has 2 aromatic rings. The van der Waals surface area contributed by atoms with Crippen molar-refractivity contribution in [2.24, 2.45) is 0 Å². The van der Waals surface area contributed by atoms with Crippen LogP contribution in [0, 0.1) is 6.92 Å². The average Bonchev–Trinajstić information content (AvgIpc) is 3.05. The van der Waals surface area contributed by atoms with Gasteiger partial charge in [0.25, 0.3) is 11.7 Å². The molecule has 8 heteroatoms. The lowest BCUT2D eigenvalue weighted by molar-refractivity contribution is -0.0251. The molecule has 3 rings (SSSR count). The van der Waals surface area contributed by atoms with Crippen molar-refractivity contribution in [3.05, 3.63) is 23.8 Å². The summed E-state index contributed by atoms with van der Waals surface area (Å²) >= 11 is 0. The smallest absolute Gasteiger partial charge is 0.254 e. The number of rotatable bonds is 3. The predicted molar refractivity (Wildman–Crippen MR) is 72.8 cm³/mol. The van der Waals surface area contributed by atoms with Crippen LogP contribution in [-0.4, -0.2) is 55.5 Å². The van der Waals surface area contributed by atoms with Crippen molar-refractivity contribution in [1.82, 2.24) is 24.9 Å². The number of nitrogens with zero attached hydrogens (tertiary/aromatic N) is 4. The van der Waals surface area contributed by atoms with Crippen molar-refractivity contribution in [1.29, 1.82) is 0 Å². The van der Waals surface area contributed by atoms with Crippen molar-refractivity contribution in [2.45, 2.75) is 32.0 Å². The third-order valence-electron chi connectivity index (χ3n) is 4.01. The van der Waals surface area contributed by atoms with Gasteiger partial charge in [-0.3, -0.25) is 4.79 Å². The van der Waals surface area contributed by atoms with E-state index in [0.29, 0.717) is 30.1 Å². The molecule has 0 bridgehead atoms. The van der Waals surface area contributed by atoms with Gasteiger partial charge in [0.05, 0.1) is 17.4 Å². The van der Waals surface area contributed by atoms with Crippen LogP contribution in [0.15, 0.2) is 12.5 Å². The molecule has 0 aliphatic carbocycles. The Hall–Kier alpha value is -2.06. The fourth-order valence-electron chi connectivity index (χ4n) is 2.44.